The lowest BCUT2D eigenvalue weighted by Gasteiger charge is -2.13. The molecule has 0 unspecified atom stereocenters. The van der Waals surface area contributed by atoms with E-state index >= 15 is 0 Å². The fourth-order valence-electron chi connectivity index (χ4n) is 3.12. The molecule has 0 atom stereocenters. The fourth-order valence-corrected chi connectivity index (χ4v) is 3.28. The van der Waals surface area contributed by atoms with Crippen molar-refractivity contribution in [3.63, 3.8) is 0 Å². The largest absolute Gasteiger partial charge is 0.492 e. The van der Waals surface area contributed by atoms with Crippen molar-refractivity contribution >= 4 is 34.8 Å². The molecule has 160 valence electrons. The second kappa shape index (κ2) is 11.2. The Balaban J connectivity index is 1.61. The molecule has 3 rings (SSSR count). The number of aryl methyl sites for hydroxylation is 1. The maximum Gasteiger partial charge on any atom is 0.255 e. The van der Waals surface area contributed by atoms with Crippen LogP contribution >= 0.6 is 11.6 Å². The van der Waals surface area contributed by atoms with E-state index in [0.717, 1.165) is 12.8 Å². The van der Waals surface area contributed by atoms with Crippen molar-refractivity contribution in [2.75, 3.05) is 17.2 Å². The molecule has 0 saturated carbocycles. The van der Waals surface area contributed by atoms with Crippen LogP contribution in [0.1, 0.15) is 35.7 Å². The van der Waals surface area contributed by atoms with Gasteiger partial charge in [0.05, 0.1) is 23.0 Å². The molecule has 2 N–H and O–H groups in total. The quantitative estimate of drug-likeness (QED) is 0.435. The van der Waals surface area contributed by atoms with Crippen LogP contribution in [0.2, 0.25) is 5.02 Å². The molecule has 3 aromatic rings. The lowest BCUT2D eigenvalue weighted by molar-refractivity contribution is -0.116. The summed E-state index contributed by atoms with van der Waals surface area (Å²) in [5.41, 5.74) is 2.57. The monoisotopic (exact) mass is 436 g/mol. The normalized spacial score (nSPS) is 10.4. The molecule has 0 aliphatic rings. The number of anilines is 2. The lowest BCUT2D eigenvalue weighted by atomic mass is 10.1. The van der Waals surface area contributed by atoms with Crippen molar-refractivity contribution in [1.29, 1.82) is 0 Å². The van der Waals surface area contributed by atoms with Crippen LogP contribution in [0.4, 0.5) is 11.4 Å². The van der Waals surface area contributed by atoms with Gasteiger partial charge in [-0.05, 0) is 55.7 Å². The minimum atomic E-state index is -0.316. The highest BCUT2D eigenvalue weighted by atomic mass is 35.5. The predicted octanol–water partition coefficient (Wildman–Crippen LogP) is 5.95. The Hall–Kier alpha value is -3.31. The van der Waals surface area contributed by atoms with Crippen LogP contribution in [0.5, 0.6) is 5.75 Å². The molecule has 0 saturated heterocycles. The SMILES string of the molecule is CCOc1ccccc1NC(=O)c1ccc(Cl)c(NC(=O)CCCc2ccccc2)c1. The Morgan fingerprint density at radius 3 is 2.42 bits per heavy atom. The molecule has 0 bridgehead atoms. The highest BCUT2D eigenvalue weighted by Crippen LogP contribution is 2.27. The van der Waals surface area contributed by atoms with Gasteiger partial charge in [0.25, 0.3) is 5.91 Å². The van der Waals surface area contributed by atoms with Gasteiger partial charge in [0.1, 0.15) is 5.75 Å². The smallest absolute Gasteiger partial charge is 0.255 e. The molecule has 31 heavy (non-hydrogen) atoms. The van der Waals surface area contributed by atoms with Crippen molar-refractivity contribution in [2.45, 2.75) is 26.2 Å². The first kappa shape index (κ1) is 22.4. The molecule has 0 spiro atoms. The van der Waals surface area contributed by atoms with E-state index in [2.05, 4.69) is 10.6 Å². The van der Waals surface area contributed by atoms with Crippen LogP contribution in [0, 0.1) is 0 Å². The molecule has 0 fully saturated rings. The van der Waals surface area contributed by atoms with Crippen molar-refractivity contribution < 1.29 is 14.3 Å². The molecule has 0 aromatic heterocycles. The lowest BCUT2D eigenvalue weighted by Crippen LogP contribution is -2.15. The standard InChI is InChI=1S/C25H25ClN2O3/c1-2-31-23-13-7-6-12-21(23)28-25(30)19-15-16-20(26)22(17-19)27-24(29)14-8-11-18-9-4-3-5-10-18/h3-7,9-10,12-13,15-17H,2,8,11,14H2,1H3,(H,27,29)(H,28,30). The number of amides is 2. The Morgan fingerprint density at radius 2 is 1.65 bits per heavy atom. The van der Waals surface area contributed by atoms with E-state index in [4.69, 9.17) is 16.3 Å². The van der Waals surface area contributed by atoms with Crippen molar-refractivity contribution in [3.05, 3.63) is 88.9 Å². The summed E-state index contributed by atoms with van der Waals surface area (Å²) >= 11 is 6.24. The second-order valence-corrected chi connectivity index (χ2v) is 7.37. The molecule has 0 aliphatic carbocycles. The molecular formula is C25H25ClN2O3. The zero-order valence-electron chi connectivity index (χ0n) is 17.4. The van der Waals surface area contributed by atoms with Crippen LogP contribution in [0.15, 0.2) is 72.8 Å². The first-order valence-electron chi connectivity index (χ1n) is 10.2. The molecule has 6 heteroatoms. The van der Waals surface area contributed by atoms with E-state index in [-0.39, 0.29) is 11.8 Å². The second-order valence-electron chi connectivity index (χ2n) is 6.97. The zero-order valence-corrected chi connectivity index (χ0v) is 18.1. The summed E-state index contributed by atoms with van der Waals surface area (Å²) in [5.74, 6) is 0.139. The van der Waals surface area contributed by atoms with Gasteiger partial charge in [-0.1, -0.05) is 54.1 Å². The third kappa shape index (κ3) is 6.59. The summed E-state index contributed by atoms with van der Waals surface area (Å²) in [6.45, 7) is 2.38. The van der Waals surface area contributed by atoms with Gasteiger partial charge in [-0.15, -0.1) is 0 Å². The van der Waals surface area contributed by atoms with Gasteiger partial charge < -0.3 is 15.4 Å². The van der Waals surface area contributed by atoms with E-state index in [9.17, 15) is 9.59 Å². The minimum absolute atomic E-state index is 0.142. The molecular weight excluding hydrogens is 412 g/mol. The molecule has 5 nitrogen and oxygen atoms in total. The molecule has 2 amide bonds. The third-order valence-electron chi connectivity index (χ3n) is 4.65. The van der Waals surface area contributed by atoms with E-state index in [1.807, 2.05) is 49.4 Å². The van der Waals surface area contributed by atoms with E-state index in [1.54, 1.807) is 30.3 Å². The number of para-hydroxylation sites is 2. The van der Waals surface area contributed by atoms with Crippen molar-refractivity contribution in [3.8, 4) is 5.75 Å². The summed E-state index contributed by atoms with van der Waals surface area (Å²) in [4.78, 5) is 25.1. The number of hydrogen-bond donors (Lipinski definition) is 2. The molecule has 0 heterocycles. The third-order valence-corrected chi connectivity index (χ3v) is 4.98. The maximum absolute atomic E-state index is 12.7. The van der Waals surface area contributed by atoms with E-state index in [1.165, 1.54) is 5.56 Å². The summed E-state index contributed by atoms with van der Waals surface area (Å²) in [6.07, 6.45) is 1.91. The van der Waals surface area contributed by atoms with Crippen LogP contribution in [0.25, 0.3) is 0 Å². The van der Waals surface area contributed by atoms with E-state index in [0.29, 0.717) is 40.7 Å². The Labute approximate surface area is 187 Å². The van der Waals surface area contributed by atoms with Gasteiger partial charge in [-0.2, -0.15) is 0 Å². The number of hydrogen-bond acceptors (Lipinski definition) is 3. The molecule has 0 aliphatic heterocycles. The summed E-state index contributed by atoms with van der Waals surface area (Å²) in [6, 6.07) is 22.0. The van der Waals surface area contributed by atoms with Crippen LogP contribution in [-0.4, -0.2) is 18.4 Å². The Bertz CT molecular complexity index is 1040. The summed E-state index contributed by atoms with van der Waals surface area (Å²) in [5, 5.41) is 6.03. The number of halogens is 1. The minimum Gasteiger partial charge on any atom is -0.492 e. The average molecular weight is 437 g/mol. The van der Waals surface area contributed by atoms with Gasteiger partial charge in [0.2, 0.25) is 5.91 Å². The topological polar surface area (TPSA) is 67.4 Å². The summed E-state index contributed by atoms with van der Waals surface area (Å²) < 4.78 is 5.55. The van der Waals surface area contributed by atoms with Gasteiger partial charge in [0, 0.05) is 12.0 Å². The first-order chi connectivity index (χ1) is 15.1. The van der Waals surface area contributed by atoms with Crippen LogP contribution in [0.3, 0.4) is 0 Å². The first-order valence-corrected chi connectivity index (χ1v) is 10.6. The van der Waals surface area contributed by atoms with Gasteiger partial charge in [-0.25, -0.2) is 0 Å². The van der Waals surface area contributed by atoms with Crippen molar-refractivity contribution in [1.82, 2.24) is 0 Å². The zero-order chi connectivity index (χ0) is 22.1. The number of carbonyl (C=O) groups excluding carboxylic acids is 2. The molecule has 0 radical (unpaired) electrons. The predicted molar refractivity (Wildman–Crippen MR) is 125 cm³/mol. The summed E-state index contributed by atoms with van der Waals surface area (Å²) in [7, 11) is 0. The van der Waals surface area contributed by atoms with E-state index < -0.39 is 0 Å². The molecule has 3 aromatic carbocycles. The van der Waals surface area contributed by atoms with Crippen LogP contribution < -0.4 is 15.4 Å². The average Bonchev–Trinajstić information content (AvgIpc) is 2.77. The Morgan fingerprint density at radius 1 is 0.903 bits per heavy atom. The Kier molecular flexibility index (Phi) is 8.07. The van der Waals surface area contributed by atoms with Gasteiger partial charge in [-0.3, -0.25) is 9.59 Å². The van der Waals surface area contributed by atoms with Crippen molar-refractivity contribution in [2.24, 2.45) is 0 Å². The van der Waals surface area contributed by atoms with Crippen LogP contribution in [-0.2, 0) is 11.2 Å². The number of nitrogens with one attached hydrogen (secondary N) is 2. The number of ether oxygens (including phenoxy) is 1. The van der Waals surface area contributed by atoms with Gasteiger partial charge >= 0.3 is 0 Å². The fraction of sp³-hybridized carbons (Fsp3) is 0.200. The number of rotatable bonds is 9. The highest BCUT2D eigenvalue weighted by molar-refractivity contribution is 6.34. The maximum atomic E-state index is 12.7. The highest BCUT2D eigenvalue weighted by Gasteiger charge is 2.13. The van der Waals surface area contributed by atoms with Gasteiger partial charge in [0.15, 0.2) is 0 Å². The number of carbonyl (C=O) groups is 2. The number of benzene rings is 3.